The van der Waals surface area contributed by atoms with E-state index in [1.807, 2.05) is 36.6 Å². The van der Waals surface area contributed by atoms with Crippen molar-refractivity contribution in [2.24, 2.45) is 5.10 Å². The fourth-order valence-electron chi connectivity index (χ4n) is 1.94. The third kappa shape index (κ3) is 3.67. The van der Waals surface area contributed by atoms with E-state index in [9.17, 15) is 4.79 Å². The molecular formula is C16H13ClN4OS. The van der Waals surface area contributed by atoms with Crippen LogP contribution >= 0.6 is 22.9 Å². The van der Waals surface area contributed by atoms with Crippen LogP contribution in [0.4, 0.5) is 0 Å². The van der Waals surface area contributed by atoms with E-state index >= 15 is 0 Å². The van der Waals surface area contributed by atoms with Crippen LogP contribution < -0.4 is 5.43 Å². The summed E-state index contributed by atoms with van der Waals surface area (Å²) in [5, 5.41) is 13.6. The van der Waals surface area contributed by atoms with Crippen molar-refractivity contribution >= 4 is 34.6 Å². The largest absolute Gasteiger partial charge is 0.289 e. The van der Waals surface area contributed by atoms with Crippen LogP contribution in [0.25, 0.3) is 11.3 Å². The van der Waals surface area contributed by atoms with E-state index in [0.717, 1.165) is 16.2 Å². The molecule has 1 aromatic carbocycles. The number of aromatic nitrogens is 2. The summed E-state index contributed by atoms with van der Waals surface area (Å²) >= 11 is 7.43. The Hall–Kier alpha value is -2.44. The number of benzene rings is 1. The summed E-state index contributed by atoms with van der Waals surface area (Å²) in [6, 6.07) is 12.8. The third-order valence-electron chi connectivity index (χ3n) is 3.17. The first kappa shape index (κ1) is 15.5. The predicted octanol–water partition coefficient (Wildman–Crippen LogP) is 3.95. The minimum absolute atomic E-state index is 0.339. The quantitative estimate of drug-likeness (QED) is 0.555. The number of halogens is 1. The molecule has 2 heterocycles. The number of hydrazone groups is 1. The Balaban J connectivity index is 1.71. The molecule has 0 radical (unpaired) electrons. The lowest BCUT2D eigenvalue weighted by atomic mass is 10.1. The SMILES string of the molecule is C/C(=N/NC(=O)c1cc(-c2ccc(Cl)cc2)n[nH]1)c1cccs1. The van der Waals surface area contributed by atoms with Crippen LogP contribution in [0.2, 0.25) is 5.02 Å². The Morgan fingerprint density at radius 2 is 2.09 bits per heavy atom. The van der Waals surface area contributed by atoms with Crippen molar-refractivity contribution in [3.63, 3.8) is 0 Å². The molecule has 23 heavy (non-hydrogen) atoms. The van der Waals surface area contributed by atoms with Gasteiger partial charge in [0, 0.05) is 15.5 Å². The van der Waals surface area contributed by atoms with E-state index in [1.165, 1.54) is 0 Å². The lowest BCUT2D eigenvalue weighted by Crippen LogP contribution is -2.19. The number of H-pyrrole nitrogens is 1. The number of nitrogens with one attached hydrogen (secondary N) is 2. The Morgan fingerprint density at radius 1 is 1.30 bits per heavy atom. The van der Waals surface area contributed by atoms with Gasteiger partial charge in [0.2, 0.25) is 0 Å². The van der Waals surface area contributed by atoms with Crippen molar-refractivity contribution in [1.82, 2.24) is 15.6 Å². The first-order valence-corrected chi connectivity index (χ1v) is 8.09. The summed E-state index contributed by atoms with van der Waals surface area (Å²) in [4.78, 5) is 13.1. The highest BCUT2D eigenvalue weighted by atomic mass is 35.5. The van der Waals surface area contributed by atoms with Gasteiger partial charge in [-0.25, -0.2) is 5.43 Å². The van der Waals surface area contributed by atoms with Crippen LogP contribution in [0.3, 0.4) is 0 Å². The first-order chi connectivity index (χ1) is 11.1. The fraction of sp³-hybridized carbons (Fsp3) is 0.0625. The normalized spacial score (nSPS) is 11.5. The number of rotatable bonds is 4. The van der Waals surface area contributed by atoms with E-state index < -0.39 is 0 Å². The molecule has 0 aliphatic heterocycles. The molecule has 0 fully saturated rings. The second-order valence-corrected chi connectivity index (χ2v) is 6.17. The predicted molar refractivity (Wildman–Crippen MR) is 93.0 cm³/mol. The van der Waals surface area contributed by atoms with Crippen LogP contribution in [0.1, 0.15) is 22.3 Å². The summed E-state index contributed by atoms with van der Waals surface area (Å²) in [5.74, 6) is -0.339. The molecule has 3 rings (SSSR count). The van der Waals surface area contributed by atoms with Crippen molar-refractivity contribution in [2.45, 2.75) is 6.92 Å². The lowest BCUT2D eigenvalue weighted by molar-refractivity contribution is 0.0950. The number of aromatic amines is 1. The van der Waals surface area contributed by atoms with Gasteiger partial charge in [-0.15, -0.1) is 11.3 Å². The number of amides is 1. The highest BCUT2D eigenvalue weighted by molar-refractivity contribution is 7.12. The van der Waals surface area contributed by atoms with Gasteiger partial charge in [0.05, 0.1) is 11.4 Å². The zero-order valence-corrected chi connectivity index (χ0v) is 13.8. The Kier molecular flexibility index (Phi) is 4.55. The molecule has 0 aliphatic carbocycles. The maximum atomic E-state index is 12.1. The number of carbonyl (C=O) groups is 1. The van der Waals surface area contributed by atoms with Crippen molar-refractivity contribution < 1.29 is 4.79 Å². The van der Waals surface area contributed by atoms with E-state index in [-0.39, 0.29) is 5.91 Å². The molecule has 116 valence electrons. The maximum absolute atomic E-state index is 12.1. The van der Waals surface area contributed by atoms with Gasteiger partial charge in [-0.05, 0) is 36.6 Å². The smallest absolute Gasteiger partial charge is 0.272 e. The van der Waals surface area contributed by atoms with Gasteiger partial charge in [-0.2, -0.15) is 10.2 Å². The minimum Gasteiger partial charge on any atom is -0.272 e. The van der Waals surface area contributed by atoms with E-state index in [0.29, 0.717) is 16.4 Å². The number of hydrogen-bond donors (Lipinski definition) is 2. The maximum Gasteiger partial charge on any atom is 0.289 e. The van der Waals surface area contributed by atoms with Gasteiger partial charge in [-0.3, -0.25) is 9.89 Å². The van der Waals surface area contributed by atoms with E-state index in [4.69, 9.17) is 11.6 Å². The summed E-state index contributed by atoms with van der Waals surface area (Å²) < 4.78 is 0. The molecule has 0 spiro atoms. The molecule has 7 heteroatoms. The van der Waals surface area contributed by atoms with Crippen molar-refractivity contribution in [1.29, 1.82) is 0 Å². The standard InChI is InChI=1S/C16H13ClN4OS/c1-10(15-3-2-8-23-15)18-21-16(22)14-9-13(19-20-14)11-4-6-12(17)7-5-11/h2-9H,1H3,(H,19,20)(H,21,22)/b18-10-. The van der Waals surface area contributed by atoms with Crippen LogP contribution in [0.5, 0.6) is 0 Å². The molecule has 0 aliphatic rings. The molecule has 0 unspecified atom stereocenters. The Bertz CT molecular complexity index is 837. The van der Waals surface area contributed by atoms with Crippen LogP contribution in [0.15, 0.2) is 52.9 Å². The molecule has 3 aromatic rings. The van der Waals surface area contributed by atoms with Gasteiger partial charge in [0.15, 0.2) is 0 Å². The lowest BCUT2D eigenvalue weighted by Gasteiger charge is -1.98. The molecule has 2 aromatic heterocycles. The van der Waals surface area contributed by atoms with Gasteiger partial charge in [0.1, 0.15) is 5.69 Å². The summed E-state index contributed by atoms with van der Waals surface area (Å²) in [6.07, 6.45) is 0. The average Bonchev–Trinajstić information content (AvgIpc) is 3.24. The topological polar surface area (TPSA) is 70.1 Å². The summed E-state index contributed by atoms with van der Waals surface area (Å²) in [5.41, 5.74) is 5.17. The van der Waals surface area contributed by atoms with Crippen molar-refractivity contribution in [3.8, 4) is 11.3 Å². The number of hydrogen-bond acceptors (Lipinski definition) is 4. The molecule has 0 atom stereocenters. The Morgan fingerprint density at radius 3 is 2.78 bits per heavy atom. The zero-order chi connectivity index (χ0) is 16.2. The number of carbonyl (C=O) groups excluding carboxylic acids is 1. The molecule has 5 nitrogen and oxygen atoms in total. The van der Waals surface area contributed by atoms with Crippen LogP contribution in [0, 0.1) is 0 Å². The average molecular weight is 345 g/mol. The highest BCUT2D eigenvalue weighted by Gasteiger charge is 2.11. The van der Waals surface area contributed by atoms with Gasteiger partial charge in [0.25, 0.3) is 5.91 Å². The second-order valence-electron chi connectivity index (χ2n) is 4.79. The van der Waals surface area contributed by atoms with E-state index in [2.05, 4.69) is 20.7 Å². The van der Waals surface area contributed by atoms with Crippen LogP contribution in [-0.4, -0.2) is 21.8 Å². The minimum atomic E-state index is -0.339. The van der Waals surface area contributed by atoms with Gasteiger partial charge in [-0.1, -0.05) is 29.8 Å². The highest BCUT2D eigenvalue weighted by Crippen LogP contribution is 2.20. The summed E-state index contributed by atoms with van der Waals surface area (Å²) in [7, 11) is 0. The van der Waals surface area contributed by atoms with Crippen molar-refractivity contribution in [3.05, 3.63) is 63.4 Å². The molecule has 0 saturated heterocycles. The third-order valence-corrected chi connectivity index (χ3v) is 4.40. The second kappa shape index (κ2) is 6.76. The Labute approximate surface area is 142 Å². The number of thiophene rings is 1. The monoisotopic (exact) mass is 344 g/mol. The van der Waals surface area contributed by atoms with E-state index in [1.54, 1.807) is 29.5 Å². The molecular weight excluding hydrogens is 332 g/mol. The molecule has 0 saturated carbocycles. The van der Waals surface area contributed by atoms with Crippen LogP contribution in [-0.2, 0) is 0 Å². The molecule has 2 N–H and O–H groups in total. The zero-order valence-electron chi connectivity index (χ0n) is 12.2. The van der Waals surface area contributed by atoms with Gasteiger partial charge < -0.3 is 0 Å². The molecule has 1 amide bonds. The van der Waals surface area contributed by atoms with Gasteiger partial charge >= 0.3 is 0 Å². The first-order valence-electron chi connectivity index (χ1n) is 6.83. The molecule has 0 bridgehead atoms. The summed E-state index contributed by atoms with van der Waals surface area (Å²) in [6.45, 7) is 1.85. The fourth-order valence-corrected chi connectivity index (χ4v) is 2.74. The number of nitrogens with zero attached hydrogens (tertiary/aromatic N) is 2. The van der Waals surface area contributed by atoms with Crippen molar-refractivity contribution in [2.75, 3.05) is 0 Å².